The van der Waals surface area contributed by atoms with Crippen molar-refractivity contribution >= 4 is 5.91 Å². The zero-order chi connectivity index (χ0) is 16.2. The molecule has 1 aromatic heterocycles. The fourth-order valence-electron chi connectivity index (χ4n) is 3.02. The fraction of sp³-hybridized carbons (Fsp3) is 0.368. The second-order valence-corrected chi connectivity index (χ2v) is 6.18. The summed E-state index contributed by atoms with van der Waals surface area (Å²) in [4.78, 5) is 16.6. The third-order valence-corrected chi connectivity index (χ3v) is 4.61. The summed E-state index contributed by atoms with van der Waals surface area (Å²) >= 11 is 0. The van der Waals surface area contributed by atoms with Crippen LogP contribution in [0.3, 0.4) is 0 Å². The van der Waals surface area contributed by atoms with Crippen LogP contribution in [-0.2, 0) is 11.2 Å². The molecule has 1 saturated heterocycles. The molecule has 4 heteroatoms. The standard InChI is InChI=1S/C19H22N2O2/c1-13-4-3-5-17(14(13)2)19(22)21-18-12-23-11-16(18)10-15-6-8-20-9-7-15/h3-9,16,18H,10-12H2,1-2H3,(H,21,22)/t16-,18-/m1/s1. The second-order valence-electron chi connectivity index (χ2n) is 6.18. The van der Waals surface area contributed by atoms with E-state index in [1.165, 1.54) is 5.56 Å². The van der Waals surface area contributed by atoms with Crippen molar-refractivity contribution in [2.75, 3.05) is 13.2 Å². The molecular formula is C19H22N2O2. The summed E-state index contributed by atoms with van der Waals surface area (Å²) < 4.78 is 5.60. The van der Waals surface area contributed by atoms with E-state index in [0.717, 1.165) is 23.1 Å². The molecule has 1 aliphatic heterocycles. The quantitative estimate of drug-likeness (QED) is 0.944. The van der Waals surface area contributed by atoms with Crippen LogP contribution in [-0.4, -0.2) is 30.1 Å². The summed E-state index contributed by atoms with van der Waals surface area (Å²) in [6, 6.07) is 9.92. The zero-order valence-electron chi connectivity index (χ0n) is 13.6. The smallest absolute Gasteiger partial charge is 0.251 e. The normalized spacial score (nSPS) is 20.4. The van der Waals surface area contributed by atoms with E-state index in [0.29, 0.717) is 19.1 Å². The molecule has 3 rings (SSSR count). The maximum absolute atomic E-state index is 12.6. The molecule has 0 spiro atoms. The number of ether oxygens (including phenoxy) is 1. The number of aromatic nitrogens is 1. The van der Waals surface area contributed by atoms with Crippen molar-refractivity contribution < 1.29 is 9.53 Å². The Hall–Kier alpha value is -2.20. The van der Waals surface area contributed by atoms with Crippen LogP contribution >= 0.6 is 0 Å². The van der Waals surface area contributed by atoms with Crippen LogP contribution in [0.15, 0.2) is 42.7 Å². The number of aryl methyl sites for hydroxylation is 1. The first-order chi connectivity index (χ1) is 11.1. The first-order valence-electron chi connectivity index (χ1n) is 7.99. The topological polar surface area (TPSA) is 51.2 Å². The first kappa shape index (κ1) is 15.7. The van der Waals surface area contributed by atoms with Gasteiger partial charge in [0.1, 0.15) is 0 Å². The molecule has 1 fully saturated rings. The Labute approximate surface area is 136 Å². The highest BCUT2D eigenvalue weighted by Crippen LogP contribution is 2.20. The van der Waals surface area contributed by atoms with Gasteiger partial charge in [0.05, 0.1) is 19.3 Å². The number of pyridine rings is 1. The average Bonchev–Trinajstić information content (AvgIpc) is 2.98. The van der Waals surface area contributed by atoms with Gasteiger partial charge in [-0.05, 0) is 55.2 Å². The Kier molecular flexibility index (Phi) is 4.72. The van der Waals surface area contributed by atoms with Gasteiger partial charge >= 0.3 is 0 Å². The lowest BCUT2D eigenvalue weighted by molar-refractivity contribution is 0.0924. The van der Waals surface area contributed by atoms with Crippen LogP contribution < -0.4 is 5.32 Å². The van der Waals surface area contributed by atoms with Gasteiger partial charge in [-0.1, -0.05) is 12.1 Å². The van der Waals surface area contributed by atoms with Gasteiger partial charge in [-0.3, -0.25) is 9.78 Å². The highest BCUT2D eigenvalue weighted by molar-refractivity contribution is 5.96. The summed E-state index contributed by atoms with van der Waals surface area (Å²) in [5.74, 6) is 0.285. The maximum atomic E-state index is 12.6. The molecule has 2 heterocycles. The Balaban J connectivity index is 1.69. The monoisotopic (exact) mass is 310 g/mol. The van der Waals surface area contributed by atoms with Crippen LogP contribution in [0.4, 0.5) is 0 Å². The van der Waals surface area contributed by atoms with Gasteiger partial charge in [0.25, 0.3) is 5.91 Å². The highest BCUT2D eigenvalue weighted by atomic mass is 16.5. The minimum absolute atomic E-state index is 0.0126. The molecule has 0 radical (unpaired) electrons. The van der Waals surface area contributed by atoms with Gasteiger partial charge in [-0.15, -0.1) is 0 Å². The van der Waals surface area contributed by atoms with Crippen LogP contribution in [0.5, 0.6) is 0 Å². The number of hydrogen-bond donors (Lipinski definition) is 1. The molecule has 1 aliphatic rings. The number of amides is 1. The number of hydrogen-bond acceptors (Lipinski definition) is 3. The van der Waals surface area contributed by atoms with E-state index >= 15 is 0 Å². The highest BCUT2D eigenvalue weighted by Gasteiger charge is 2.30. The van der Waals surface area contributed by atoms with Gasteiger partial charge < -0.3 is 10.1 Å². The van der Waals surface area contributed by atoms with Gasteiger partial charge in [-0.2, -0.15) is 0 Å². The minimum atomic E-state index is -0.0126. The molecule has 0 unspecified atom stereocenters. The van der Waals surface area contributed by atoms with Gasteiger partial charge in [0.15, 0.2) is 0 Å². The SMILES string of the molecule is Cc1cccc(C(=O)N[C@@H]2COC[C@H]2Cc2ccncc2)c1C. The van der Waals surface area contributed by atoms with E-state index < -0.39 is 0 Å². The number of carbonyl (C=O) groups is 1. The van der Waals surface area contributed by atoms with Crippen molar-refractivity contribution in [2.24, 2.45) is 5.92 Å². The Bertz CT molecular complexity index is 685. The molecule has 23 heavy (non-hydrogen) atoms. The molecular weight excluding hydrogens is 288 g/mol. The van der Waals surface area contributed by atoms with Crippen LogP contribution in [0.2, 0.25) is 0 Å². The van der Waals surface area contributed by atoms with Crippen LogP contribution in [0.1, 0.15) is 27.0 Å². The Morgan fingerprint density at radius 3 is 2.78 bits per heavy atom. The van der Waals surface area contributed by atoms with Crippen molar-refractivity contribution in [3.63, 3.8) is 0 Å². The summed E-state index contributed by atoms with van der Waals surface area (Å²) in [5.41, 5.74) is 4.14. The first-order valence-corrected chi connectivity index (χ1v) is 7.99. The lowest BCUT2D eigenvalue weighted by atomic mass is 9.94. The van der Waals surface area contributed by atoms with Crippen molar-refractivity contribution in [1.29, 1.82) is 0 Å². The predicted octanol–water partition coefficient (Wildman–Crippen LogP) is 2.69. The molecule has 4 nitrogen and oxygen atoms in total. The summed E-state index contributed by atoms with van der Waals surface area (Å²) in [7, 11) is 0. The lowest BCUT2D eigenvalue weighted by Gasteiger charge is -2.20. The Morgan fingerprint density at radius 1 is 1.22 bits per heavy atom. The summed E-state index contributed by atoms with van der Waals surface area (Å²) in [5, 5.41) is 3.15. The van der Waals surface area contributed by atoms with Crippen molar-refractivity contribution in [3.05, 3.63) is 65.0 Å². The molecule has 1 amide bonds. The molecule has 1 aromatic carbocycles. The number of rotatable bonds is 4. The molecule has 0 aliphatic carbocycles. The third kappa shape index (κ3) is 3.59. The van der Waals surface area contributed by atoms with Crippen molar-refractivity contribution in [2.45, 2.75) is 26.3 Å². The number of carbonyl (C=O) groups excluding carboxylic acids is 1. The van der Waals surface area contributed by atoms with E-state index in [2.05, 4.69) is 10.3 Å². The van der Waals surface area contributed by atoms with Crippen LogP contribution in [0.25, 0.3) is 0 Å². The van der Waals surface area contributed by atoms with E-state index in [9.17, 15) is 4.79 Å². The fourth-order valence-corrected chi connectivity index (χ4v) is 3.02. The van der Waals surface area contributed by atoms with Crippen molar-refractivity contribution in [1.82, 2.24) is 10.3 Å². The largest absolute Gasteiger partial charge is 0.379 e. The number of benzene rings is 1. The molecule has 2 atom stereocenters. The molecule has 0 bridgehead atoms. The second kappa shape index (κ2) is 6.92. The molecule has 2 aromatic rings. The molecule has 120 valence electrons. The van der Waals surface area contributed by atoms with Gasteiger partial charge in [0, 0.05) is 23.9 Å². The van der Waals surface area contributed by atoms with Gasteiger partial charge in [-0.25, -0.2) is 0 Å². The van der Waals surface area contributed by atoms with E-state index in [1.54, 1.807) is 12.4 Å². The number of nitrogens with one attached hydrogen (secondary N) is 1. The summed E-state index contributed by atoms with van der Waals surface area (Å²) in [6.45, 7) is 5.27. The Morgan fingerprint density at radius 2 is 2.00 bits per heavy atom. The minimum Gasteiger partial charge on any atom is -0.379 e. The third-order valence-electron chi connectivity index (χ3n) is 4.61. The zero-order valence-corrected chi connectivity index (χ0v) is 13.6. The van der Waals surface area contributed by atoms with Gasteiger partial charge in [0.2, 0.25) is 0 Å². The predicted molar refractivity (Wildman–Crippen MR) is 89.4 cm³/mol. The van der Waals surface area contributed by atoms with E-state index in [-0.39, 0.29) is 11.9 Å². The molecule has 0 saturated carbocycles. The maximum Gasteiger partial charge on any atom is 0.251 e. The number of nitrogens with zero attached hydrogens (tertiary/aromatic N) is 1. The van der Waals surface area contributed by atoms with E-state index in [1.807, 2.05) is 44.2 Å². The lowest BCUT2D eigenvalue weighted by Crippen LogP contribution is -2.40. The molecule has 1 N–H and O–H groups in total. The van der Waals surface area contributed by atoms with Crippen molar-refractivity contribution in [3.8, 4) is 0 Å². The van der Waals surface area contributed by atoms with Crippen LogP contribution in [0, 0.1) is 19.8 Å². The summed E-state index contributed by atoms with van der Waals surface area (Å²) in [6.07, 6.45) is 4.49. The van der Waals surface area contributed by atoms with E-state index in [4.69, 9.17) is 4.74 Å². The average molecular weight is 310 g/mol.